The molecule has 0 bridgehead atoms. The van der Waals surface area contributed by atoms with E-state index >= 15 is 0 Å². The molecule has 1 aliphatic rings. The van der Waals surface area contributed by atoms with Gasteiger partial charge in [0.05, 0.1) is 0 Å². The van der Waals surface area contributed by atoms with E-state index in [1.807, 2.05) is 31.2 Å². The van der Waals surface area contributed by atoms with Crippen LogP contribution >= 0.6 is 19.8 Å². The van der Waals surface area contributed by atoms with E-state index in [-0.39, 0.29) is 15.4 Å². The minimum atomic E-state index is -1.63. The topological polar surface area (TPSA) is 113 Å². The standard InChI is InChI=1S/C21H27IN4O3/c1-3-13-29-16-7-5-14(6-8-16)19-18(21(24)28)20(23)26(25-19)15-9-11-22(12-10-15)17(27)4-2/h4-8,15H,2-3,9-13,23H2,1H3,(H2,24,28). The van der Waals surface area contributed by atoms with Gasteiger partial charge in [0.25, 0.3) is 0 Å². The number of amides is 1. The van der Waals surface area contributed by atoms with Crippen LogP contribution in [0.2, 0.25) is 0 Å². The van der Waals surface area contributed by atoms with E-state index in [9.17, 15) is 9.59 Å². The number of rotatable bonds is 8. The molecule has 4 N–H and O–H groups in total. The van der Waals surface area contributed by atoms with Crippen molar-refractivity contribution in [1.29, 1.82) is 0 Å². The van der Waals surface area contributed by atoms with Gasteiger partial charge < -0.3 is 0 Å². The fourth-order valence-electron chi connectivity index (χ4n) is 3.39. The molecule has 0 aliphatic carbocycles. The summed E-state index contributed by atoms with van der Waals surface area (Å²) in [6.07, 6.45) is 4.05. The van der Waals surface area contributed by atoms with Gasteiger partial charge in [-0.1, -0.05) is 6.92 Å². The number of primary amides is 1. The quantitative estimate of drug-likeness (QED) is 0.244. The number of nitrogen functional groups attached to an aromatic ring is 1. The van der Waals surface area contributed by atoms with Gasteiger partial charge in [-0.05, 0) is 6.42 Å². The number of halogens is 1. The average molecular weight is 510 g/mol. The molecule has 156 valence electrons. The molecule has 1 aromatic carbocycles. The Morgan fingerprint density at radius 3 is 2.52 bits per heavy atom. The molecule has 0 spiro atoms. The minimum absolute atomic E-state index is 0.0696. The number of aromatic nitrogens is 2. The molecule has 1 fully saturated rings. The Labute approximate surface area is 177 Å². The fraction of sp³-hybridized carbons (Fsp3) is 0.381. The Hall–Kier alpha value is -2.36. The van der Waals surface area contributed by atoms with Crippen molar-refractivity contribution in [2.45, 2.75) is 32.2 Å². The zero-order chi connectivity index (χ0) is 21.0. The van der Waals surface area contributed by atoms with Crippen molar-refractivity contribution < 1.29 is 14.3 Å². The van der Waals surface area contributed by atoms with Gasteiger partial charge >= 0.3 is 165 Å². The predicted molar refractivity (Wildman–Crippen MR) is 124 cm³/mol. The Bertz CT molecular complexity index is 899. The molecule has 0 saturated carbocycles. The molecule has 2 aromatic rings. The molecule has 7 nitrogen and oxygen atoms in total. The van der Waals surface area contributed by atoms with Crippen molar-refractivity contribution in [2.75, 3.05) is 21.2 Å². The number of hydrogen-bond acceptors (Lipinski definition) is 5. The van der Waals surface area contributed by atoms with E-state index in [2.05, 4.69) is 11.7 Å². The van der Waals surface area contributed by atoms with Crippen molar-refractivity contribution >= 4 is 35.3 Å². The van der Waals surface area contributed by atoms with Crippen LogP contribution in [-0.4, -0.2) is 34.9 Å². The first-order chi connectivity index (χ1) is 14.0. The number of benzene rings is 1. The van der Waals surface area contributed by atoms with Crippen molar-refractivity contribution in [2.24, 2.45) is 5.73 Å². The van der Waals surface area contributed by atoms with Crippen molar-refractivity contribution in [3.05, 3.63) is 42.5 Å². The summed E-state index contributed by atoms with van der Waals surface area (Å²) in [7, 11) is 0. The average Bonchev–Trinajstić information content (AvgIpc) is 3.09. The van der Waals surface area contributed by atoms with Crippen molar-refractivity contribution in [3.8, 4) is 17.0 Å². The van der Waals surface area contributed by atoms with Crippen LogP contribution in [-0.2, 0) is 4.79 Å². The summed E-state index contributed by atoms with van der Waals surface area (Å²) in [5.41, 5.74) is 13.4. The van der Waals surface area contributed by atoms with Gasteiger partial charge in [-0.15, -0.1) is 0 Å². The molecule has 1 aliphatic heterocycles. The number of carbonyl (C=O) groups is 2. The van der Waals surface area contributed by atoms with E-state index in [1.54, 1.807) is 4.68 Å². The number of nitrogens with two attached hydrogens (primary N) is 2. The molecule has 29 heavy (non-hydrogen) atoms. The van der Waals surface area contributed by atoms with Crippen LogP contribution in [0, 0.1) is 0 Å². The first kappa shape index (κ1) is 21.4. The number of nitrogens with zero attached hydrogens (tertiary/aromatic N) is 2. The Kier molecular flexibility index (Phi) is 6.94. The van der Waals surface area contributed by atoms with Crippen LogP contribution in [0.3, 0.4) is 0 Å². The van der Waals surface area contributed by atoms with E-state index in [4.69, 9.17) is 16.2 Å². The van der Waals surface area contributed by atoms with Gasteiger partial charge in [-0.3, -0.25) is 0 Å². The molecule has 0 atom stereocenters. The van der Waals surface area contributed by atoms with Crippen LogP contribution in [0.25, 0.3) is 11.3 Å². The second-order valence-corrected chi connectivity index (χ2v) is 12.7. The molecule has 1 aromatic heterocycles. The number of alkyl halides is 2. The molecule has 3 rings (SSSR count). The number of hydrogen-bond donors (Lipinski definition) is 2. The predicted octanol–water partition coefficient (Wildman–Crippen LogP) is 3.57. The molecular weight excluding hydrogens is 483 g/mol. The summed E-state index contributed by atoms with van der Waals surface area (Å²) >= 11 is -1.63. The van der Waals surface area contributed by atoms with Gasteiger partial charge in [0.15, 0.2) is 0 Å². The van der Waals surface area contributed by atoms with Gasteiger partial charge in [0, 0.05) is 0 Å². The van der Waals surface area contributed by atoms with E-state index in [0.717, 1.165) is 39.4 Å². The zero-order valence-electron chi connectivity index (χ0n) is 16.6. The summed E-state index contributed by atoms with van der Waals surface area (Å²) in [5.74, 6) is 0.460. The number of anilines is 1. The first-order valence-electron chi connectivity index (χ1n) is 9.65. The van der Waals surface area contributed by atoms with E-state index < -0.39 is 25.7 Å². The molecule has 8 heteroatoms. The second kappa shape index (κ2) is 9.43. The van der Waals surface area contributed by atoms with Crippen LogP contribution in [0.15, 0.2) is 36.9 Å². The summed E-state index contributed by atoms with van der Waals surface area (Å²) < 4.78 is 9.39. The zero-order valence-corrected chi connectivity index (χ0v) is 18.7. The van der Waals surface area contributed by atoms with Crippen LogP contribution in [0.4, 0.5) is 5.82 Å². The second-order valence-electron chi connectivity index (χ2n) is 6.86. The third-order valence-corrected chi connectivity index (χ3v) is 10.7. The Morgan fingerprint density at radius 1 is 1.31 bits per heavy atom. The van der Waals surface area contributed by atoms with Gasteiger partial charge in [-0.2, -0.15) is 0 Å². The van der Waals surface area contributed by atoms with Crippen LogP contribution in [0.5, 0.6) is 5.75 Å². The number of carbonyl (C=O) groups excluding carboxylic acids is 2. The molecule has 1 saturated heterocycles. The summed E-state index contributed by atoms with van der Waals surface area (Å²) in [6, 6.07) is 7.49. The van der Waals surface area contributed by atoms with Crippen LogP contribution < -0.4 is 16.2 Å². The third-order valence-electron chi connectivity index (χ3n) is 4.91. The molecular formula is C21H27IN4O3. The van der Waals surface area contributed by atoms with Crippen molar-refractivity contribution in [3.63, 3.8) is 0 Å². The number of allylic oxidation sites excluding steroid dienone is 1. The number of ether oxygens (including phenoxy) is 1. The Balaban J connectivity index is 1.87. The van der Waals surface area contributed by atoms with Gasteiger partial charge in [-0.25, -0.2) is 0 Å². The molecule has 1 amide bonds. The maximum atomic E-state index is 12.1. The maximum absolute atomic E-state index is 12.1. The van der Waals surface area contributed by atoms with Crippen LogP contribution in [0.1, 0.15) is 42.6 Å². The SMILES string of the molecule is C=CC(=O)I1CCC(n2nc(-c3ccc(OCCC)cc3)c(C(N)=O)c2N)CC1. The summed E-state index contributed by atoms with van der Waals surface area (Å²) in [6.45, 7) is 6.30. The molecule has 0 radical (unpaired) electrons. The molecule has 2 heterocycles. The van der Waals surface area contributed by atoms with Gasteiger partial charge in [0.1, 0.15) is 0 Å². The third kappa shape index (κ3) is 4.63. The molecule has 0 unspecified atom stereocenters. The van der Waals surface area contributed by atoms with Gasteiger partial charge in [0.2, 0.25) is 0 Å². The summed E-state index contributed by atoms with van der Waals surface area (Å²) in [4.78, 5) is 24.1. The normalized spacial score (nSPS) is 15.8. The summed E-state index contributed by atoms with van der Waals surface area (Å²) in [5, 5.41) is 4.67. The Morgan fingerprint density at radius 2 is 1.97 bits per heavy atom. The first-order valence-corrected chi connectivity index (χ1v) is 13.8. The monoisotopic (exact) mass is 510 g/mol. The van der Waals surface area contributed by atoms with E-state index in [1.165, 1.54) is 6.08 Å². The van der Waals surface area contributed by atoms with E-state index in [0.29, 0.717) is 18.1 Å². The van der Waals surface area contributed by atoms with Crippen molar-refractivity contribution in [1.82, 2.24) is 9.78 Å². The fourth-order valence-corrected chi connectivity index (χ4v) is 8.56.